The van der Waals surface area contributed by atoms with Crippen molar-refractivity contribution in [3.05, 3.63) is 27.2 Å². The van der Waals surface area contributed by atoms with Gasteiger partial charge in [-0.2, -0.15) is 0 Å². The molecule has 130 valence electrons. The molecule has 1 amide bonds. The Bertz CT molecular complexity index is 885. The minimum atomic E-state index is -0.401. The average molecular weight is 336 g/mol. The van der Waals surface area contributed by atoms with Gasteiger partial charge in [0.2, 0.25) is 6.33 Å². The molecule has 2 N–H and O–H groups in total. The summed E-state index contributed by atoms with van der Waals surface area (Å²) in [7, 11) is 3.04. The molecule has 1 aliphatic rings. The van der Waals surface area contributed by atoms with Crippen molar-refractivity contribution < 1.29 is 14.3 Å². The molecular formula is C15H24N6O3+2. The van der Waals surface area contributed by atoms with Gasteiger partial charge in [-0.05, 0) is 6.92 Å². The Labute approximate surface area is 138 Å². The van der Waals surface area contributed by atoms with Gasteiger partial charge in [-0.25, -0.2) is 14.3 Å². The number of likely N-dealkylation sites (N-methyl/N-ethyl adjacent to an activating group) is 1. The van der Waals surface area contributed by atoms with Crippen LogP contribution in [0.4, 0.5) is 0 Å². The van der Waals surface area contributed by atoms with Crippen molar-refractivity contribution in [3.8, 4) is 0 Å². The zero-order valence-electron chi connectivity index (χ0n) is 14.3. The fourth-order valence-corrected chi connectivity index (χ4v) is 3.25. The van der Waals surface area contributed by atoms with E-state index in [2.05, 4.69) is 11.9 Å². The summed E-state index contributed by atoms with van der Waals surface area (Å²) in [4.78, 5) is 43.2. The number of nitrogens with zero attached hydrogens (tertiary/aromatic N) is 4. The van der Waals surface area contributed by atoms with Crippen LogP contribution in [0.15, 0.2) is 15.9 Å². The topological polar surface area (TPSA) is 88.4 Å². The predicted molar refractivity (Wildman–Crippen MR) is 86.8 cm³/mol. The summed E-state index contributed by atoms with van der Waals surface area (Å²) in [6.45, 7) is 6.70. The van der Waals surface area contributed by atoms with Gasteiger partial charge < -0.3 is 9.80 Å². The number of fused-ring (bicyclic) bond motifs is 1. The van der Waals surface area contributed by atoms with Crippen molar-refractivity contribution in [2.45, 2.75) is 13.5 Å². The number of hydrogen-bond donors (Lipinski definition) is 2. The van der Waals surface area contributed by atoms with E-state index >= 15 is 0 Å². The Balaban J connectivity index is 1.88. The van der Waals surface area contributed by atoms with Gasteiger partial charge in [0.05, 0.1) is 32.7 Å². The van der Waals surface area contributed by atoms with Crippen molar-refractivity contribution in [2.24, 2.45) is 14.1 Å². The standard InChI is InChI=1S/C15H22N6O3/c1-4-19-5-7-20(8-6-19)11(22)9-21-10-16-13-12(21)14(23)18(3)15(24)17(13)2/h10H,4-9H2,1-3H3/p+2. The van der Waals surface area contributed by atoms with Gasteiger partial charge in [0.1, 0.15) is 0 Å². The maximum atomic E-state index is 12.6. The number of hydrogen-bond acceptors (Lipinski definition) is 3. The highest BCUT2D eigenvalue weighted by molar-refractivity contribution is 5.75. The molecule has 1 fully saturated rings. The average Bonchev–Trinajstić information content (AvgIpc) is 3.01. The third-order valence-electron chi connectivity index (χ3n) is 4.91. The number of nitrogens with one attached hydrogen (secondary N) is 2. The molecule has 0 aliphatic carbocycles. The van der Waals surface area contributed by atoms with Gasteiger partial charge in [0, 0.05) is 14.1 Å². The number of aromatic amines is 1. The smallest absolute Gasteiger partial charge is 0.332 e. The van der Waals surface area contributed by atoms with Crippen molar-refractivity contribution >= 4 is 17.1 Å². The molecule has 0 atom stereocenters. The van der Waals surface area contributed by atoms with E-state index in [1.165, 1.54) is 16.5 Å². The number of H-pyrrole nitrogens is 1. The summed E-state index contributed by atoms with van der Waals surface area (Å²) in [5.41, 5.74) is -0.0317. The minimum absolute atomic E-state index is 0.00745. The number of aryl methyl sites for hydroxylation is 1. The lowest BCUT2D eigenvalue weighted by molar-refractivity contribution is -0.902. The van der Waals surface area contributed by atoms with Gasteiger partial charge in [0.15, 0.2) is 6.54 Å². The van der Waals surface area contributed by atoms with Gasteiger partial charge in [0.25, 0.3) is 17.1 Å². The zero-order valence-corrected chi connectivity index (χ0v) is 14.3. The lowest BCUT2D eigenvalue weighted by Crippen LogP contribution is -3.14. The first-order valence-corrected chi connectivity index (χ1v) is 8.22. The SMILES string of the molecule is CC[NH+]1CCN(C(=O)C[n+]2c[nH]c3c2c(=O)n(C)c(=O)n3C)CC1. The van der Waals surface area contributed by atoms with Crippen molar-refractivity contribution in [3.63, 3.8) is 0 Å². The van der Waals surface area contributed by atoms with E-state index in [0.717, 1.165) is 37.3 Å². The van der Waals surface area contributed by atoms with Gasteiger partial charge in [-0.15, -0.1) is 0 Å². The number of quaternary nitrogens is 1. The summed E-state index contributed by atoms with van der Waals surface area (Å²) in [5, 5.41) is 0. The quantitative estimate of drug-likeness (QED) is 0.573. The van der Waals surface area contributed by atoms with Gasteiger partial charge >= 0.3 is 11.2 Å². The second kappa shape index (κ2) is 6.23. The Hall–Kier alpha value is -2.42. The number of piperazine rings is 1. The van der Waals surface area contributed by atoms with Crippen molar-refractivity contribution in [1.82, 2.24) is 19.0 Å². The highest BCUT2D eigenvalue weighted by atomic mass is 16.2. The normalized spacial score (nSPS) is 16.0. The first-order valence-electron chi connectivity index (χ1n) is 8.22. The summed E-state index contributed by atoms with van der Waals surface area (Å²) in [6, 6.07) is 0. The maximum Gasteiger partial charge on any atom is 0.333 e. The number of amides is 1. The molecule has 2 aromatic rings. The van der Waals surface area contributed by atoms with E-state index in [1.54, 1.807) is 17.9 Å². The largest absolute Gasteiger partial charge is 0.333 e. The van der Waals surface area contributed by atoms with Crippen LogP contribution in [0.3, 0.4) is 0 Å². The lowest BCUT2D eigenvalue weighted by Gasteiger charge is -2.31. The molecule has 0 saturated carbocycles. The number of carbonyl (C=O) groups excluding carboxylic acids is 1. The second-order valence-corrected chi connectivity index (χ2v) is 6.29. The van der Waals surface area contributed by atoms with Crippen LogP contribution in [0, 0.1) is 0 Å². The molecule has 24 heavy (non-hydrogen) atoms. The summed E-state index contributed by atoms with van der Waals surface area (Å²) < 4.78 is 4.03. The van der Waals surface area contributed by atoms with E-state index in [9.17, 15) is 14.4 Å². The van der Waals surface area contributed by atoms with Gasteiger partial charge in [-0.3, -0.25) is 18.7 Å². The molecule has 3 heterocycles. The molecule has 0 aromatic carbocycles. The van der Waals surface area contributed by atoms with Crippen LogP contribution in [0.5, 0.6) is 0 Å². The highest BCUT2D eigenvalue weighted by Crippen LogP contribution is 1.99. The molecular weight excluding hydrogens is 312 g/mol. The fourth-order valence-electron chi connectivity index (χ4n) is 3.25. The number of rotatable bonds is 3. The molecule has 3 rings (SSSR count). The highest BCUT2D eigenvalue weighted by Gasteiger charge is 2.26. The Morgan fingerprint density at radius 1 is 1.25 bits per heavy atom. The minimum Gasteiger partial charge on any atom is -0.332 e. The molecule has 1 aliphatic heterocycles. The van der Waals surface area contributed by atoms with Crippen LogP contribution in [0.25, 0.3) is 11.2 Å². The predicted octanol–water partition coefficient (Wildman–Crippen LogP) is -3.40. The monoisotopic (exact) mass is 336 g/mol. The third kappa shape index (κ3) is 2.64. The number of imidazole rings is 1. The van der Waals surface area contributed by atoms with Crippen molar-refractivity contribution in [2.75, 3.05) is 32.7 Å². The Morgan fingerprint density at radius 3 is 2.54 bits per heavy atom. The summed E-state index contributed by atoms with van der Waals surface area (Å²) in [5.74, 6) is -0.00745. The second-order valence-electron chi connectivity index (χ2n) is 6.29. The van der Waals surface area contributed by atoms with Crippen LogP contribution in [0.2, 0.25) is 0 Å². The molecule has 9 nitrogen and oxygen atoms in total. The van der Waals surface area contributed by atoms with E-state index in [1.807, 2.05) is 4.90 Å². The van der Waals surface area contributed by atoms with E-state index in [-0.39, 0.29) is 12.5 Å². The summed E-state index contributed by atoms with van der Waals surface area (Å²) >= 11 is 0. The number of carbonyl (C=O) groups is 1. The van der Waals surface area contributed by atoms with Crippen LogP contribution < -0.4 is 20.7 Å². The van der Waals surface area contributed by atoms with E-state index in [0.29, 0.717) is 11.2 Å². The molecule has 0 spiro atoms. The van der Waals surface area contributed by atoms with Crippen LogP contribution >= 0.6 is 0 Å². The first-order chi connectivity index (χ1) is 11.4. The van der Waals surface area contributed by atoms with E-state index in [4.69, 9.17) is 0 Å². The molecule has 0 bridgehead atoms. The lowest BCUT2D eigenvalue weighted by atomic mass is 10.3. The molecule has 1 saturated heterocycles. The maximum absolute atomic E-state index is 12.6. The van der Waals surface area contributed by atoms with Gasteiger partial charge in [-0.1, -0.05) is 0 Å². The van der Waals surface area contributed by atoms with Crippen LogP contribution in [-0.4, -0.2) is 57.6 Å². The van der Waals surface area contributed by atoms with Crippen LogP contribution in [0.1, 0.15) is 6.92 Å². The zero-order chi connectivity index (χ0) is 17.4. The number of aromatic nitrogens is 4. The molecule has 0 unspecified atom stereocenters. The summed E-state index contributed by atoms with van der Waals surface area (Å²) in [6.07, 6.45) is 1.58. The van der Waals surface area contributed by atoms with Crippen LogP contribution in [-0.2, 0) is 25.4 Å². The van der Waals surface area contributed by atoms with Crippen molar-refractivity contribution in [1.29, 1.82) is 0 Å². The Morgan fingerprint density at radius 2 is 1.92 bits per heavy atom. The third-order valence-corrected chi connectivity index (χ3v) is 4.91. The Kier molecular flexibility index (Phi) is 4.27. The first kappa shape index (κ1) is 16.4. The van der Waals surface area contributed by atoms with E-state index < -0.39 is 11.2 Å². The fraction of sp³-hybridized carbons (Fsp3) is 0.600. The molecule has 2 aromatic heterocycles. The molecule has 9 heteroatoms. The molecule has 0 radical (unpaired) electrons.